The zero-order chi connectivity index (χ0) is 34.1. The Morgan fingerprint density at radius 2 is 1.07 bits per heavy atom. The third kappa shape index (κ3) is 32.1. The number of hydrogen-bond donors (Lipinski definition) is 7. The molecule has 2 unspecified atom stereocenters. The number of aliphatic hydroxyl groups is 2. The molecule has 7 N–H and O–H groups in total. The number of carboxylic acid groups (broad SMARTS) is 1. The number of aliphatic hydroxyl groups excluding tert-OH is 1. The molecule has 0 aromatic heterocycles. The van der Waals surface area contributed by atoms with Crippen molar-refractivity contribution in [3.8, 4) is 0 Å². The number of ketones is 1. The summed E-state index contributed by atoms with van der Waals surface area (Å²) in [5.41, 5.74) is 5.79. The summed E-state index contributed by atoms with van der Waals surface area (Å²) in [6.07, 6.45) is 21.6. The minimum absolute atomic E-state index is 0.0421. The Hall–Kier alpha value is -1.69. The molecule has 0 heterocycles. The average molecular weight is 662 g/mol. The van der Waals surface area contributed by atoms with E-state index >= 15 is 0 Å². The lowest BCUT2D eigenvalue weighted by atomic mass is 10.0. The molecular formula is C34H67N3O7S. The number of aliphatic carboxylic acids is 1. The van der Waals surface area contributed by atoms with Gasteiger partial charge in [0.1, 0.15) is 5.78 Å². The van der Waals surface area contributed by atoms with Gasteiger partial charge in [0.25, 0.3) is 0 Å². The number of carbonyl (C=O) groups is 4. The number of carboxylic acids is 1. The van der Waals surface area contributed by atoms with E-state index in [9.17, 15) is 29.4 Å². The predicted octanol–water partition coefficient (Wildman–Crippen LogP) is 5.81. The van der Waals surface area contributed by atoms with Crippen LogP contribution in [0.2, 0.25) is 0 Å². The van der Waals surface area contributed by atoms with Crippen LogP contribution < -0.4 is 16.4 Å². The minimum atomic E-state index is -1.73. The fourth-order valence-corrected chi connectivity index (χ4v) is 5.13. The van der Waals surface area contributed by atoms with Gasteiger partial charge < -0.3 is 31.7 Å². The number of nitrogens with one attached hydrogen (secondary N) is 2. The zero-order valence-corrected chi connectivity index (χ0v) is 29.3. The lowest BCUT2D eigenvalue weighted by molar-refractivity contribution is -0.137. The van der Waals surface area contributed by atoms with E-state index in [1.807, 2.05) is 0 Å². The van der Waals surface area contributed by atoms with Crippen LogP contribution in [0.5, 0.6) is 0 Å². The summed E-state index contributed by atoms with van der Waals surface area (Å²) in [6.45, 7) is 2.25. The standard InChI is InChI=1S/C33H63N3O7.CH4S/c1-2-29(37)27(34)21-19-20-26-35-30(38)25-24-28(33(42)43)36-31(39)22-17-15-13-11-9-7-5-3-4-6-8-10-12-14-16-18-23-32(40)41;1-2/h27-28,33,42-43H,2-26,34H2,1H3,(H,35,38)(H,36,39)(H,40,41);2H,1H3. The van der Waals surface area contributed by atoms with E-state index in [1.54, 1.807) is 13.2 Å². The fraction of sp³-hybridized carbons (Fsp3) is 0.882. The molecule has 0 aliphatic heterocycles. The third-order valence-electron chi connectivity index (χ3n) is 7.96. The molecule has 0 bridgehead atoms. The first-order chi connectivity index (χ1) is 21.7. The van der Waals surface area contributed by atoms with Crippen molar-refractivity contribution in [1.29, 1.82) is 0 Å². The average Bonchev–Trinajstić information content (AvgIpc) is 3.02. The number of amides is 2. The first-order valence-electron chi connectivity index (χ1n) is 17.5. The molecule has 10 nitrogen and oxygen atoms in total. The number of hydrogen-bond acceptors (Lipinski definition) is 8. The molecule has 2 atom stereocenters. The normalized spacial score (nSPS) is 12.2. The molecule has 0 saturated carbocycles. The number of Topliss-reactive ketones (excluding diaryl/α,β-unsaturated/α-hetero) is 1. The lowest BCUT2D eigenvalue weighted by Gasteiger charge is -2.20. The van der Waals surface area contributed by atoms with E-state index in [2.05, 4.69) is 23.3 Å². The topological polar surface area (TPSA) is 179 Å². The maximum Gasteiger partial charge on any atom is 0.303 e. The van der Waals surface area contributed by atoms with Gasteiger partial charge in [0.05, 0.1) is 12.1 Å². The molecule has 11 heteroatoms. The van der Waals surface area contributed by atoms with E-state index < -0.39 is 24.3 Å². The summed E-state index contributed by atoms with van der Waals surface area (Å²) in [5.74, 6) is -1.09. The Morgan fingerprint density at radius 1 is 0.622 bits per heavy atom. The second kappa shape index (κ2) is 33.7. The van der Waals surface area contributed by atoms with Crippen molar-refractivity contribution >= 4 is 36.2 Å². The zero-order valence-electron chi connectivity index (χ0n) is 28.4. The van der Waals surface area contributed by atoms with Gasteiger partial charge >= 0.3 is 5.97 Å². The quantitative estimate of drug-likeness (QED) is 0.0276. The van der Waals surface area contributed by atoms with Crippen LogP contribution in [-0.4, -0.2) is 70.1 Å². The third-order valence-corrected chi connectivity index (χ3v) is 7.96. The summed E-state index contributed by atoms with van der Waals surface area (Å²) in [6, 6.07) is -1.33. The van der Waals surface area contributed by atoms with Gasteiger partial charge in [-0.3, -0.25) is 19.2 Å². The number of unbranched alkanes of at least 4 members (excludes halogenated alkanes) is 16. The van der Waals surface area contributed by atoms with Crippen molar-refractivity contribution < 1.29 is 34.5 Å². The minimum Gasteiger partial charge on any atom is -0.481 e. The van der Waals surface area contributed by atoms with Crippen LogP contribution >= 0.6 is 12.6 Å². The lowest BCUT2D eigenvalue weighted by Crippen LogP contribution is -2.44. The highest BCUT2D eigenvalue weighted by molar-refractivity contribution is 7.79. The van der Waals surface area contributed by atoms with Gasteiger partial charge in [-0.25, -0.2) is 0 Å². The van der Waals surface area contributed by atoms with Gasteiger partial charge in [-0.1, -0.05) is 96.8 Å². The predicted molar refractivity (Wildman–Crippen MR) is 185 cm³/mol. The number of carbonyl (C=O) groups excluding carboxylic acids is 3. The molecule has 0 fully saturated rings. The van der Waals surface area contributed by atoms with E-state index in [4.69, 9.17) is 10.8 Å². The fourth-order valence-electron chi connectivity index (χ4n) is 5.13. The Bertz CT molecular complexity index is 741. The molecule has 0 aliphatic rings. The molecule has 0 aliphatic carbocycles. The molecule has 45 heavy (non-hydrogen) atoms. The smallest absolute Gasteiger partial charge is 0.303 e. The summed E-state index contributed by atoms with van der Waals surface area (Å²) in [5, 5.41) is 33.3. The van der Waals surface area contributed by atoms with Gasteiger partial charge in [0.15, 0.2) is 6.29 Å². The number of nitrogens with two attached hydrogens (primary N) is 1. The molecule has 0 radical (unpaired) electrons. The molecule has 0 rings (SSSR count). The van der Waals surface area contributed by atoms with E-state index in [-0.39, 0.29) is 30.4 Å². The van der Waals surface area contributed by atoms with Crippen LogP contribution in [0.15, 0.2) is 0 Å². The van der Waals surface area contributed by atoms with E-state index in [1.165, 1.54) is 64.2 Å². The van der Waals surface area contributed by atoms with Gasteiger partial charge in [-0.2, -0.15) is 12.6 Å². The first kappa shape index (κ1) is 45.4. The molecule has 0 aromatic carbocycles. The second-order valence-electron chi connectivity index (χ2n) is 11.9. The monoisotopic (exact) mass is 661 g/mol. The van der Waals surface area contributed by atoms with Gasteiger partial charge in [0, 0.05) is 32.2 Å². The van der Waals surface area contributed by atoms with Crippen LogP contribution in [-0.2, 0) is 19.2 Å². The van der Waals surface area contributed by atoms with Crippen molar-refractivity contribution in [3.05, 3.63) is 0 Å². The van der Waals surface area contributed by atoms with Gasteiger partial charge in [-0.15, -0.1) is 0 Å². The Kier molecular flexibility index (Phi) is 34.0. The van der Waals surface area contributed by atoms with Crippen LogP contribution in [0.1, 0.15) is 161 Å². The van der Waals surface area contributed by atoms with Gasteiger partial charge in [0.2, 0.25) is 11.8 Å². The molecule has 2 amide bonds. The van der Waals surface area contributed by atoms with Crippen LogP contribution in [0.4, 0.5) is 0 Å². The van der Waals surface area contributed by atoms with Crippen molar-refractivity contribution in [2.24, 2.45) is 5.73 Å². The van der Waals surface area contributed by atoms with E-state index in [0.717, 1.165) is 44.9 Å². The van der Waals surface area contributed by atoms with Crippen molar-refractivity contribution in [3.63, 3.8) is 0 Å². The maximum atomic E-state index is 12.3. The summed E-state index contributed by atoms with van der Waals surface area (Å²) in [4.78, 5) is 46.3. The van der Waals surface area contributed by atoms with Crippen molar-refractivity contribution in [1.82, 2.24) is 10.6 Å². The molecule has 0 spiro atoms. The summed E-state index contributed by atoms with van der Waals surface area (Å²) < 4.78 is 0. The first-order valence-corrected chi connectivity index (χ1v) is 18.4. The second-order valence-corrected chi connectivity index (χ2v) is 11.9. The largest absolute Gasteiger partial charge is 0.481 e. The van der Waals surface area contributed by atoms with Crippen LogP contribution in [0, 0.1) is 0 Å². The van der Waals surface area contributed by atoms with Crippen LogP contribution in [0.3, 0.4) is 0 Å². The van der Waals surface area contributed by atoms with Crippen LogP contribution in [0.25, 0.3) is 0 Å². The Morgan fingerprint density at radius 3 is 1.49 bits per heavy atom. The van der Waals surface area contributed by atoms with Gasteiger partial charge in [-0.05, 0) is 44.8 Å². The summed E-state index contributed by atoms with van der Waals surface area (Å²) >= 11 is 3.53. The molecule has 0 aromatic rings. The van der Waals surface area contributed by atoms with E-state index in [0.29, 0.717) is 38.6 Å². The molecule has 266 valence electrons. The Labute approximate surface area is 278 Å². The molecular weight excluding hydrogens is 594 g/mol. The number of thiol groups is 1. The molecule has 0 saturated heterocycles. The van der Waals surface area contributed by atoms with Crippen molar-refractivity contribution in [2.45, 2.75) is 179 Å². The SMILES string of the molecule is CCC(=O)C(N)CCCCNC(=O)CCC(NC(=O)CCCCCCCCCCCCCCCCCCC(=O)O)C(O)O.CS. The highest BCUT2D eigenvalue weighted by Gasteiger charge is 2.20. The summed E-state index contributed by atoms with van der Waals surface area (Å²) in [7, 11) is 0. The Balaban J connectivity index is 0. The highest BCUT2D eigenvalue weighted by Crippen LogP contribution is 2.14. The maximum absolute atomic E-state index is 12.3. The number of rotatable bonds is 31. The van der Waals surface area contributed by atoms with Crippen molar-refractivity contribution in [2.75, 3.05) is 12.8 Å². The highest BCUT2D eigenvalue weighted by atomic mass is 32.1.